The normalized spacial score (nSPS) is 33.3. The van der Waals surface area contributed by atoms with Crippen molar-refractivity contribution in [3.05, 3.63) is 35.9 Å². The van der Waals surface area contributed by atoms with Crippen LogP contribution in [0.5, 0.6) is 0 Å². The second kappa shape index (κ2) is 5.43. The first-order valence-electron chi connectivity index (χ1n) is 7.16. The summed E-state index contributed by atoms with van der Waals surface area (Å²) in [4.78, 5) is 11.6. The van der Waals surface area contributed by atoms with Crippen LogP contribution in [0.25, 0.3) is 0 Å². The van der Waals surface area contributed by atoms with Crippen LogP contribution in [0.15, 0.2) is 30.3 Å². The zero-order valence-electron chi connectivity index (χ0n) is 11.3. The van der Waals surface area contributed by atoms with Gasteiger partial charge in [-0.25, -0.2) is 0 Å². The van der Waals surface area contributed by atoms with Gasteiger partial charge in [-0.3, -0.25) is 4.79 Å². The molecule has 0 aromatic heterocycles. The number of ketones is 1. The maximum Gasteiger partial charge on any atom is 0.146 e. The van der Waals surface area contributed by atoms with Gasteiger partial charge in [-0.2, -0.15) is 0 Å². The van der Waals surface area contributed by atoms with E-state index in [1.165, 1.54) is 5.56 Å². The molecule has 0 amide bonds. The molecule has 0 unspecified atom stereocenters. The molecule has 1 N–H and O–H groups in total. The third-order valence-electron chi connectivity index (χ3n) is 4.44. The number of Topliss-reactive ketones (excluding diaryl/α,β-unsaturated/α-hetero) is 1. The topological polar surface area (TPSA) is 38.3 Å². The van der Waals surface area contributed by atoms with Crippen LogP contribution in [0.1, 0.15) is 31.7 Å². The lowest BCUT2D eigenvalue weighted by Crippen LogP contribution is -2.61. The lowest BCUT2D eigenvalue weighted by molar-refractivity contribution is -0.126. The molecule has 2 saturated heterocycles. The van der Waals surface area contributed by atoms with Crippen molar-refractivity contribution in [1.29, 1.82) is 0 Å². The highest BCUT2D eigenvalue weighted by Gasteiger charge is 2.43. The number of ether oxygens (including phenoxy) is 1. The molecule has 1 aromatic carbocycles. The van der Waals surface area contributed by atoms with E-state index in [0.29, 0.717) is 18.6 Å². The van der Waals surface area contributed by atoms with Gasteiger partial charge in [-0.15, -0.1) is 0 Å². The summed E-state index contributed by atoms with van der Waals surface area (Å²) in [5, 5.41) is 3.46. The number of hydrogen-bond donors (Lipinski definition) is 1. The van der Waals surface area contributed by atoms with Gasteiger partial charge in [0.25, 0.3) is 0 Å². The van der Waals surface area contributed by atoms with Gasteiger partial charge < -0.3 is 10.1 Å². The van der Waals surface area contributed by atoms with Crippen LogP contribution in [0.3, 0.4) is 0 Å². The number of hydrogen-bond acceptors (Lipinski definition) is 3. The summed E-state index contributed by atoms with van der Waals surface area (Å²) >= 11 is 0. The molecule has 2 bridgehead atoms. The molecule has 2 heterocycles. The number of carbonyl (C=O) groups excluding carboxylic acids is 1. The van der Waals surface area contributed by atoms with Crippen LogP contribution in [0.4, 0.5) is 0 Å². The van der Waals surface area contributed by atoms with Crippen molar-refractivity contribution in [1.82, 2.24) is 5.32 Å². The summed E-state index contributed by atoms with van der Waals surface area (Å²) in [6.07, 6.45) is 3.57. The van der Waals surface area contributed by atoms with Crippen molar-refractivity contribution in [3.8, 4) is 0 Å². The highest BCUT2D eigenvalue weighted by Crippen LogP contribution is 2.35. The molecule has 3 heteroatoms. The third kappa shape index (κ3) is 2.72. The number of piperidine rings is 2. The van der Waals surface area contributed by atoms with E-state index in [2.05, 4.69) is 17.4 Å². The quantitative estimate of drug-likeness (QED) is 0.901. The fraction of sp³-hybridized carbons (Fsp3) is 0.562. The smallest absolute Gasteiger partial charge is 0.146 e. The molecule has 0 spiro atoms. The first kappa shape index (κ1) is 12.8. The molecule has 2 aliphatic heterocycles. The molecule has 1 saturated carbocycles. The minimum absolute atomic E-state index is 0.0651. The van der Waals surface area contributed by atoms with Crippen molar-refractivity contribution in [2.75, 3.05) is 0 Å². The predicted octanol–water partition coefficient (Wildman–Crippen LogP) is 2.30. The first-order chi connectivity index (χ1) is 9.24. The van der Waals surface area contributed by atoms with E-state index in [0.717, 1.165) is 19.3 Å². The zero-order valence-corrected chi connectivity index (χ0v) is 11.3. The number of benzene rings is 1. The average molecular weight is 259 g/mol. The van der Waals surface area contributed by atoms with E-state index in [1.807, 2.05) is 18.2 Å². The molecule has 4 atom stereocenters. The van der Waals surface area contributed by atoms with Crippen LogP contribution >= 0.6 is 0 Å². The van der Waals surface area contributed by atoms with Gasteiger partial charge in [0.05, 0.1) is 18.8 Å². The second-order valence-electron chi connectivity index (χ2n) is 5.77. The summed E-state index contributed by atoms with van der Waals surface area (Å²) in [6.45, 7) is 2.36. The number of fused-ring (bicyclic) bond motifs is 3. The zero-order chi connectivity index (χ0) is 13.2. The number of rotatable bonds is 4. The van der Waals surface area contributed by atoms with Gasteiger partial charge >= 0.3 is 0 Å². The third-order valence-corrected chi connectivity index (χ3v) is 4.44. The van der Waals surface area contributed by atoms with Gasteiger partial charge in [-0.1, -0.05) is 30.3 Å². The van der Waals surface area contributed by atoms with Crippen molar-refractivity contribution in [2.24, 2.45) is 5.92 Å². The van der Waals surface area contributed by atoms with E-state index in [-0.39, 0.29) is 17.9 Å². The van der Waals surface area contributed by atoms with Crippen LogP contribution in [-0.4, -0.2) is 24.0 Å². The molecule has 3 aliphatic rings. The Bertz CT molecular complexity index is 445. The van der Waals surface area contributed by atoms with Gasteiger partial charge in [0.2, 0.25) is 0 Å². The van der Waals surface area contributed by atoms with Crippen molar-refractivity contribution < 1.29 is 9.53 Å². The Morgan fingerprint density at radius 1 is 1.32 bits per heavy atom. The Hall–Kier alpha value is -1.19. The van der Waals surface area contributed by atoms with Gasteiger partial charge in [0.1, 0.15) is 5.78 Å². The fourth-order valence-corrected chi connectivity index (χ4v) is 3.43. The molecule has 4 rings (SSSR count). The fourth-order valence-electron chi connectivity index (χ4n) is 3.43. The van der Waals surface area contributed by atoms with E-state index < -0.39 is 0 Å². The second-order valence-corrected chi connectivity index (χ2v) is 5.77. The largest absolute Gasteiger partial charge is 0.372 e. The summed E-state index contributed by atoms with van der Waals surface area (Å²) in [5.41, 5.74) is 1.21. The Balaban J connectivity index is 1.58. The monoisotopic (exact) mass is 259 g/mol. The van der Waals surface area contributed by atoms with Gasteiger partial charge in [0, 0.05) is 6.04 Å². The highest BCUT2D eigenvalue weighted by atomic mass is 16.5. The van der Waals surface area contributed by atoms with Gasteiger partial charge in [0.15, 0.2) is 0 Å². The summed E-state index contributed by atoms with van der Waals surface area (Å²) in [5.74, 6) is 0.736. The maximum atomic E-state index is 11.6. The summed E-state index contributed by atoms with van der Waals surface area (Å²) < 4.78 is 6.06. The van der Waals surface area contributed by atoms with Crippen LogP contribution < -0.4 is 5.32 Å². The predicted molar refractivity (Wildman–Crippen MR) is 73.8 cm³/mol. The van der Waals surface area contributed by atoms with E-state index in [4.69, 9.17) is 4.74 Å². The molecule has 3 nitrogen and oxygen atoms in total. The Morgan fingerprint density at radius 2 is 2.11 bits per heavy atom. The molecule has 1 aromatic rings. The molecule has 0 radical (unpaired) electrons. The molecule has 19 heavy (non-hydrogen) atoms. The molecular formula is C16H21NO2. The molecule has 3 fully saturated rings. The van der Waals surface area contributed by atoms with Gasteiger partial charge in [-0.05, 0) is 37.7 Å². The van der Waals surface area contributed by atoms with Crippen molar-refractivity contribution >= 4 is 5.78 Å². The highest BCUT2D eigenvalue weighted by molar-refractivity contribution is 5.82. The lowest BCUT2D eigenvalue weighted by Gasteiger charge is -2.47. The van der Waals surface area contributed by atoms with E-state index >= 15 is 0 Å². The Kier molecular flexibility index (Phi) is 3.67. The molecular weight excluding hydrogens is 238 g/mol. The number of carbonyl (C=O) groups is 1. The minimum Gasteiger partial charge on any atom is -0.372 e. The van der Waals surface area contributed by atoms with Crippen LogP contribution in [0.2, 0.25) is 0 Å². The summed E-state index contributed by atoms with van der Waals surface area (Å²) in [7, 11) is 0. The van der Waals surface area contributed by atoms with Crippen LogP contribution in [0, 0.1) is 5.92 Å². The Morgan fingerprint density at radius 3 is 2.74 bits per heavy atom. The molecule has 1 aliphatic carbocycles. The van der Waals surface area contributed by atoms with E-state index in [9.17, 15) is 4.79 Å². The van der Waals surface area contributed by atoms with Crippen molar-refractivity contribution in [3.63, 3.8) is 0 Å². The average Bonchev–Trinajstić information content (AvgIpc) is 2.46. The first-order valence-corrected chi connectivity index (χ1v) is 7.16. The molecule has 102 valence electrons. The Labute approximate surface area is 114 Å². The van der Waals surface area contributed by atoms with E-state index in [1.54, 1.807) is 6.92 Å². The minimum atomic E-state index is 0.0651. The SMILES string of the molecule is CC(=O)[C@H]1N[C@H]2CC[C@@H]1C[C@@H]2OCc1ccccc1. The lowest BCUT2D eigenvalue weighted by atomic mass is 9.73. The summed E-state index contributed by atoms with van der Waals surface area (Å²) in [6, 6.07) is 10.7. The standard InChI is InChI=1S/C16H21NO2/c1-11(18)16-13-7-8-14(17-16)15(9-13)19-10-12-5-3-2-4-6-12/h2-6,13-17H,7-10H2,1H3/t13-,14+,15+,16-/m1/s1. The maximum absolute atomic E-state index is 11.6. The van der Waals surface area contributed by atoms with Crippen LogP contribution in [-0.2, 0) is 16.1 Å². The van der Waals surface area contributed by atoms with Crippen molar-refractivity contribution in [2.45, 2.75) is 51.0 Å². The number of nitrogens with one attached hydrogen (secondary N) is 1.